The molecule has 0 bridgehead atoms. The molecule has 1 aliphatic heterocycles. The normalized spacial score (nSPS) is 18.8. The number of hydrogen-bond donors (Lipinski definition) is 0. The van der Waals surface area contributed by atoms with E-state index in [-0.39, 0.29) is 30.5 Å². The molecule has 2 aliphatic rings. The van der Waals surface area contributed by atoms with E-state index in [9.17, 15) is 9.59 Å². The van der Waals surface area contributed by atoms with Crippen LogP contribution in [-0.2, 0) is 16.1 Å². The zero-order valence-electron chi connectivity index (χ0n) is 15.8. The molecule has 2 aromatic heterocycles. The highest BCUT2D eigenvalue weighted by molar-refractivity contribution is 5.96. The van der Waals surface area contributed by atoms with E-state index in [1.165, 1.54) is 0 Å². The van der Waals surface area contributed by atoms with Gasteiger partial charge in [-0.25, -0.2) is 0 Å². The summed E-state index contributed by atoms with van der Waals surface area (Å²) in [5.41, 5.74) is 0.513. The van der Waals surface area contributed by atoms with Crippen molar-refractivity contribution in [3.63, 3.8) is 0 Å². The number of rotatable bonds is 8. The minimum atomic E-state index is -0.140. The fraction of sp³-hybridized carbons (Fsp3) is 0.476. The van der Waals surface area contributed by atoms with Crippen molar-refractivity contribution in [3.05, 3.63) is 54.2 Å². The predicted molar refractivity (Wildman–Crippen MR) is 101 cm³/mol. The van der Waals surface area contributed by atoms with Crippen LogP contribution in [0.5, 0.6) is 0 Å². The molecule has 1 saturated carbocycles. The average molecular weight is 383 g/mol. The topological polar surface area (TPSA) is 75.9 Å². The Bertz CT molecular complexity index is 783. The van der Waals surface area contributed by atoms with Gasteiger partial charge < -0.3 is 19.0 Å². The highest BCUT2D eigenvalue weighted by Gasteiger charge is 2.36. The Balaban J connectivity index is 1.47. The second-order valence-corrected chi connectivity index (χ2v) is 7.39. The largest absolute Gasteiger partial charge is 0.467 e. The van der Waals surface area contributed by atoms with Crippen LogP contribution in [0.2, 0.25) is 0 Å². The average Bonchev–Trinajstić information content (AvgIpc) is 3.18. The van der Waals surface area contributed by atoms with Gasteiger partial charge in [0.2, 0.25) is 5.91 Å². The van der Waals surface area contributed by atoms with Crippen LogP contribution in [-0.4, -0.2) is 58.4 Å². The molecule has 1 aliphatic carbocycles. The lowest BCUT2D eigenvalue weighted by molar-refractivity contribution is -0.134. The predicted octanol–water partition coefficient (Wildman–Crippen LogP) is 2.49. The number of hydrogen-bond acceptors (Lipinski definition) is 5. The minimum absolute atomic E-state index is 0.0438. The van der Waals surface area contributed by atoms with Crippen LogP contribution in [0, 0.1) is 0 Å². The summed E-state index contributed by atoms with van der Waals surface area (Å²) in [5, 5.41) is 0. The molecule has 1 saturated heterocycles. The lowest BCUT2D eigenvalue weighted by Gasteiger charge is -2.28. The summed E-state index contributed by atoms with van der Waals surface area (Å²) in [6.45, 7) is 1.69. The SMILES string of the molecule is O=C(CN(C(=O)c1cccnc1)C1CC1)N(Cc1ccco1)C[C@H]1CCCO1. The number of ether oxygens (including phenoxy) is 1. The zero-order valence-corrected chi connectivity index (χ0v) is 15.8. The van der Waals surface area contributed by atoms with Gasteiger partial charge in [0, 0.05) is 31.6 Å². The van der Waals surface area contributed by atoms with E-state index >= 15 is 0 Å². The van der Waals surface area contributed by atoms with Crippen molar-refractivity contribution in [1.82, 2.24) is 14.8 Å². The number of nitrogens with zero attached hydrogens (tertiary/aromatic N) is 3. The second-order valence-electron chi connectivity index (χ2n) is 7.39. The first-order valence-corrected chi connectivity index (χ1v) is 9.83. The molecule has 4 rings (SSSR count). The van der Waals surface area contributed by atoms with Gasteiger partial charge in [0.05, 0.1) is 24.5 Å². The fourth-order valence-corrected chi connectivity index (χ4v) is 3.53. The van der Waals surface area contributed by atoms with Gasteiger partial charge in [0.15, 0.2) is 0 Å². The third kappa shape index (κ3) is 4.59. The smallest absolute Gasteiger partial charge is 0.256 e. The van der Waals surface area contributed by atoms with Crippen LogP contribution >= 0.6 is 0 Å². The summed E-state index contributed by atoms with van der Waals surface area (Å²) in [6, 6.07) is 7.27. The molecule has 0 radical (unpaired) electrons. The maximum atomic E-state index is 13.2. The molecule has 7 nitrogen and oxygen atoms in total. The Kier molecular flexibility index (Phi) is 5.71. The summed E-state index contributed by atoms with van der Waals surface area (Å²) in [7, 11) is 0. The van der Waals surface area contributed by atoms with Gasteiger partial charge in [-0.05, 0) is 49.9 Å². The second kappa shape index (κ2) is 8.56. The van der Waals surface area contributed by atoms with E-state index < -0.39 is 0 Å². The molecule has 2 fully saturated rings. The summed E-state index contributed by atoms with van der Waals surface area (Å²) < 4.78 is 11.2. The molecule has 3 heterocycles. The van der Waals surface area contributed by atoms with Gasteiger partial charge in [-0.1, -0.05) is 0 Å². The maximum absolute atomic E-state index is 13.2. The lowest BCUT2D eigenvalue weighted by Crippen LogP contribution is -2.45. The van der Waals surface area contributed by atoms with Gasteiger partial charge >= 0.3 is 0 Å². The van der Waals surface area contributed by atoms with Crippen molar-refractivity contribution in [3.8, 4) is 0 Å². The number of aromatic nitrogens is 1. The van der Waals surface area contributed by atoms with Gasteiger partial charge in [-0.2, -0.15) is 0 Å². The molecule has 0 N–H and O–H groups in total. The van der Waals surface area contributed by atoms with Crippen LogP contribution in [0.25, 0.3) is 0 Å². The van der Waals surface area contributed by atoms with Crippen LogP contribution < -0.4 is 0 Å². The highest BCUT2D eigenvalue weighted by atomic mass is 16.5. The molecule has 148 valence electrons. The third-order valence-corrected chi connectivity index (χ3v) is 5.19. The standard InChI is InChI=1S/C21H25N3O4/c25-20(15-24(17-7-8-17)21(26)16-4-1-9-22-12-16)23(13-18-5-2-10-27-18)14-19-6-3-11-28-19/h1-2,4-5,9-10,12,17,19H,3,6-8,11,13-15H2/t19-/m1/s1. The number of carbonyl (C=O) groups excluding carboxylic acids is 2. The molecule has 2 aromatic rings. The minimum Gasteiger partial charge on any atom is -0.467 e. The lowest BCUT2D eigenvalue weighted by atomic mass is 10.2. The van der Waals surface area contributed by atoms with E-state index in [0.29, 0.717) is 18.7 Å². The quantitative estimate of drug-likeness (QED) is 0.700. The number of amides is 2. The van der Waals surface area contributed by atoms with Crippen LogP contribution in [0.1, 0.15) is 41.8 Å². The molecule has 28 heavy (non-hydrogen) atoms. The van der Waals surface area contributed by atoms with Crippen molar-refractivity contribution in [1.29, 1.82) is 0 Å². The first kappa shape index (κ1) is 18.7. The molecule has 2 amide bonds. The highest BCUT2D eigenvalue weighted by Crippen LogP contribution is 2.28. The molecule has 7 heteroatoms. The third-order valence-electron chi connectivity index (χ3n) is 5.19. The molecule has 1 atom stereocenters. The van der Waals surface area contributed by atoms with Crippen molar-refractivity contribution >= 4 is 11.8 Å². The van der Waals surface area contributed by atoms with E-state index in [1.54, 1.807) is 40.6 Å². The molecular formula is C21H25N3O4. The van der Waals surface area contributed by atoms with E-state index in [1.807, 2.05) is 12.1 Å². The van der Waals surface area contributed by atoms with E-state index in [0.717, 1.165) is 38.1 Å². The van der Waals surface area contributed by atoms with Crippen molar-refractivity contribution in [2.75, 3.05) is 19.7 Å². The van der Waals surface area contributed by atoms with Crippen molar-refractivity contribution in [2.24, 2.45) is 0 Å². The Morgan fingerprint density at radius 2 is 2.07 bits per heavy atom. The number of furan rings is 1. The van der Waals surface area contributed by atoms with Crippen molar-refractivity contribution in [2.45, 2.75) is 44.4 Å². The molecular weight excluding hydrogens is 358 g/mol. The Morgan fingerprint density at radius 1 is 1.18 bits per heavy atom. The number of carbonyl (C=O) groups is 2. The van der Waals surface area contributed by atoms with Crippen molar-refractivity contribution < 1.29 is 18.7 Å². The molecule has 0 spiro atoms. The van der Waals surface area contributed by atoms with Crippen LogP contribution in [0.15, 0.2) is 47.3 Å². The molecule has 0 unspecified atom stereocenters. The molecule has 0 aromatic carbocycles. The first-order valence-electron chi connectivity index (χ1n) is 9.83. The fourth-order valence-electron chi connectivity index (χ4n) is 3.53. The van der Waals surface area contributed by atoms with Gasteiger partial charge in [-0.3, -0.25) is 14.6 Å². The zero-order chi connectivity index (χ0) is 19.3. The van der Waals surface area contributed by atoms with Crippen LogP contribution in [0.4, 0.5) is 0 Å². The summed E-state index contributed by atoms with van der Waals surface area (Å²) >= 11 is 0. The van der Waals surface area contributed by atoms with Gasteiger partial charge in [-0.15, -0.1) is 0 Å². The summed E-state index contributed by atoms with van der Waals surface area (Å²) in [4.78, 5) is 33.5. The number of pyridine rings is 1. The maximum Gasteiger partial charge on any atom is 0.256 e. The Morgan fingerprint density at radius 3 is 2.71 bits per heavy atom. The summed E-state index contributed by atoms with van der Waals surface area (Å²) in [6.07, 6.45) is 8.66. The van der Waals surface area contributed by atoms with Crippen LogP contribution in [0.3, 0.4) is 0 Å². The van der Waals surface area contributed by atoms with Gasteiger partial charge in [0.25, 0.3) is 5.91 Å². The van der Waals surface area contributed by atoms with E-state index in [4.69, 9.17) is 9.15 Å². The Labute approximate surface area is 164 Å². The Hall–Kier alpha value is -2.67. The summed E-state index contributed by atoms with van der Waals surface area (Å²) in [5.74, 6) is 0.498. The monoisotopic (exact) mass is 383 g/mol. The van der Waals surface area contributed by atoms with E-state index in [2.05, 4.69) is 4.98 Å². The van der Waals surface area contributed by atoms with Gasteiger partial charge in [0.1, 0.15) is 12.3 Å². The first-order chi connectivity index (χ1) is 13.7.